The molecule has 0 unspecified atom stereocenters. The highest BCUT2D eigenvalue weighted by atomic mass is 19.1. The third-order valence-corrected chi connectivity index (χ3v) is 4.66. The summed E-state index contributed by atoms with van der Waals surface area (Å²) in [6.07, 6.45) is 2.95. The van der Waals surface area contributed by atoms with E-state index in [-0.39, 0.29) is 5.56 Å². The van der Waals surface area contributed by atoms with E-state index in [4.69, 9.17) is 0 Å². The molecule has 3 aromatic carbocycles. The van der Waals surface area contributed by atoms with Gasteiger partial charge in [-0.1, -0.05) is 30.3 Å². The highest BCUT2D eigenvalue weighted by Crippen LogP contribution is 2.19. The molecule has 0 aliphatic carbocycles. The summed E-state index contributed by atoms with van der Waals surface area (Å²) in [4.78, 5) is 15.4. The van der Waals surface area contributed by atoms with Gasteiger partial charge in [0.25, 0.3) is 5.91 Å². The number of para-hydroxylation sites is 1. The van der Waals surface area contributed by atoms with Gasteiger partial charge in [0.05, 0.1) is 5.56 Å². The zero-order valence-corrected chi connectivity index (χ0v) is 15.2. The number of aromatic amines is 1. The lowest BCUT2D eigenvalue weighted by atomic mass is 10.1. The number of anilines is 2. The highest BCUT2D eigenvalue weighted by molar-refractivity contribution is 6.04. The first-order valence-electron chi connectivity index (χ1n) is 9.15. The average molecular weight is 373 g/mol. The lowest BCUT2D eigenvalue weighted by Crippen LogP contribution is -2.13. The summed E-state index contributed by atoms with van der Waals surface area (Å²) in [6, 6.07) is 21.6. The van der Waals surface area contributed by atoms with Gasteiger partial charge in [-0.3, -0.25) is 4.79 Å². The number of carbonyl (C=O) groups excluding carboxylic acids is 1. The molecule has 0 saturated heterocycles. The summed E-state index contributed by atoms with van der Waals surface area (Å²) in [5.74, 6) is -0.992. The van der Waals surface area contributed by atoms with Crippen molar-refractivity contribution in [3.8, 4) is 0 Å². The van der Waals surface area contributed by atoms with Crippen molar-refractivity contribution in [2.75, 3.05) is 17.2 Å². The lowest BCUT2D eigenvalue weighted by molar-refractivity contribution is 0.102. The van der Waals surface area contributed by atoms with Crippen molar-refractivity contribution in [3.63, 3.8) is 0 Å². The molecular formula is C23H20FN3O. The summed E-state index contributed by atoms with van der Waals surface area (Å²) in [5.41, 5.74) is 4.03. The fraction of sp³-hybridized carbons (Fsp3) is 0.0870. The number of fused-ring (bicyclic) bond motifs is 1. The van der Waals surface area contributed by atoms with Crippen LogP contribution in [0.2, 0.25) is 0 Å². The van der Waals surface area contributed by atoms with Crippen LogP contribution in [0.5, 0.6) is 0 Å². The number of nitrogens with one attached hydrogen (secondary N) is 3. The predicted octanol–water partition coefficient (Wildman–Crippen LogP) is 5.21. The second kappa shape index (κ2) is 7.96. The van der Waals surface area contributed by atoms with Crippen molar-refractivity contribution in [1.82, 2.24) is 4.98 Å². The molecule has 0 bridgehead atoms. The normalized spacial score (nSPS) is 10.8. The van der Waals surface area contributed by atoms with Crippen LogP contribution >= 0.6 is 0 Å². The van der Waals surface area contributed by atoms with Crippen LogP contribution in [0.15, 0.2) is 79.0 Å². The number of hydrogen-bond donors (Lipinski definition) is 3. The first kappa shape index (κ1) is 17.8. The van der Waals surface area contributed by atoms with E-state index in [1.54, 1.807) is 24.3 Å². The third kappa shape index (κ3) is 3.88. The lowest BCUT2D eigenvalue weighted by Gasteiger charge is -2.09. The number of rotatable bonds is 6. The highest BCUT2D eigenvalue weighted by Gasteiger charge is 2.10. The van der Waals surface area contributed by atoms with Crippen molar-refractivity contribution < 1.29 is 9.18 Å². The zero-order chi connectivity index (χ0) is 19.3. The number of halogens is 1. The molecule has 0 spiro atoms. The van der Waals surface area contributed by atoms with Crippen LogP contribution in [0.4, 0.5) is 15.8 Å². The summed E-state index contributed by atoms with van der Waals surface area (Å²) in [6.45, 7) is 0.794. The van der Waals surface area contributed by atoms with Gasteiger partial charge in [0.2, 0.25) is 0 Å². The summed E-state index contributed by atoms with van der Waals surface area (Å²) >= 11 is 0. The standard InChI is InChI=1S/C23H20FN3O/c24-21-7-3-1-6-20(21)23(28)27-18-11-9-17(10-12-18)25-14-13-16-15-26-22-8-4-2-5-19(16)22/h1-12,15,25-26H,13-14H2,(H,27,28). The number of H-pyrrole nitrogens is 1. The molecule has 3 N–H and O–H groups in total. The minimum Gasteiger partial charge on any atom is -0.385 e. The van der Waals surface area contributed by atoms with Crippen molar-refractivity contribution in [1.29, 1.82) is 0 Å². The molecule has 4 aromatic rings. The van der Waals surface area contributed by atoms with Gasteiger partial charge in [-0.15, -0.1) is 0 Å². The van der Waals surface area contributed by atoms with E-state index in [0.717, 1.165) is 24.2 Å². The summed E-state index contributed by atoms with van der Waals surface area (Å²) in [5, 5.41) is 7.34. The Morgan fingerprint density at radius 3 is 2.43 bits per heavy atom. The zero-order valence-electron chi connectivity index (χ0n) is 15.2. The van der Waals surface area contributed by atoms with E-state index < -0.39 is 11.7 Å². The SMILES string of the molecule is O=C(Nc1ccc(NCCc2c[nH]c3ccccc23)cc1)c1ccccc1F. The van der Waals surface area contributed by atoms with Crippen LogP contribution in [0.1, 0.15) is 15.9 Å². The first-order valence-corrected chi connectivity index (χ1v) is 9.15. The Bertz CT molecular complexity index is 1100. The summed E-state index contributed by atoms with van der Waals surface area (Å²) in [7, 11) is 0. The Morgan fingerprint density at radius 2 is 1.61 bits per heavy atom. The van der Waals surface area contributed by atoms with Gasteiger partial charge in [-0.2, -0.15) is 0 Å². The maximum Gasteiger partial charge on any atom is 0.258 e. The van der Waals surface area contributed by atoms with Gasteiger partial charge in [-0.05, 0) is 54.4 Å². The van der Waals surface area contributed by atoms with Crippen LogP contribution < -0.4 is 10.6 Å². The predicted molar refractivity (Wildman–Crippen MR) is 111 cm³/mol. The van der Waals surface area contributed by atoms with E-state index in [1.165, 1.54) is 23.1 Å². The number of hydrogen-bond acceptors (Lipinski definition) is 2. The molecule has 5 heteroatoms. The monoisotopic (exact) mass is 373 g/mol. The molecule has 1 heterocycles. The van der Waals surface area contributed by atoms with E-state index in [0.29, 0.717) is 5.69 Å². The van der Waals surface area contributed by atoms with Gasteiger partial charge in [0.15, 0.2) is 0 Å². The Morgan fingerprint density at radius 1 is 0.893 bits per heavy atom. The van der Waals surface area contributed by atoms with Crippen molar-refractivity contribution >= 4 is 28.2 Å². The molecule has 1 aromatic heterocycles. The Labute approximate surface area is 162 Å². The largest absolute Gasteiger partial charge is 0.385 e. The molecule has 1 amide bonds. The third-order valence-electron chi connectivity index (χ3n) is 4.66. The van der Waals surface area contributed by atoms with Gasteiger partial charge in [0.1, 0.15) is 5.82 Å². The Hall–Kier alpha value is -3.60. The quantitative estimate of drug-likeness (QED) is 0.434. The van der Waals surface area contributed by atoms with Crippen molar-refractivity contribution in [3.05, 3.63) is 95.9 Å². The number of benzene rings is 3. The van der Waals surface area contributed by atoms with Gasteiger partial charge in [0, 0.05) is 35.0 Å². The first-order chi connectivity index (χ1) is 13.7. The topological polar surface area (TPSA) is 56.9 Å². The fourth-order valence-electron chi connectivity index (χ4n) is 3.20. The molecule has 28 heavy (non-hydrogen) atoms. The van der Waals surface area contributed by atoms with E-state index >= 15 is 0 Å². The van der Waals surface area contributed by atoms with Gasteiger partial charge >= 0.3 is 0 Å². The number of aromatic nitrogens is 1. The maximum atomic E-state index is 13.7. The van der Waals surface area contributed by atoms with Crippen LogP contribution in [-0.4, -0.2) is 17.4 Å². The molecule has 0 aliphatic rings. The second-order valence-electron chi connectivity index (χ2n) is 6.55. The van der Waals surface area contributed by atoms with E-state index in [1.807, 2.05) is 30.5 Å². The molecule has 0 atom stereocenters. The smallest absolute Gasteiger partial charge is 0.258 e. The second-order valence-corrected chi connectivity index (χ2v) is 6.55. The molecule has 0 saturated carbocycles. The molecule has 0 radical (unpaired) electrons. The van der Waals surface area contributed by atoms with Crippen molar-refractivity contribution in [2.45, 2.75) is 6.42 Å². The van der Waals surface area contributed by atoms with Crippen LogP contribution in [0.25, 0.3) is 10.9 Å². The van der Waals surface area contributed by atoms with Crippen LogP contribution in [0, 0.1) is 5.82 Å². The minimum atomic E-state index is -0.532. The van der Waals surface area contributed by atoms with Crippen LogP contribution in [-0.2, 0) is 6.42 Å². The molecule has 140 valence electrons. The Balaban J connectivity index is 1.33. The number of amides is 1. The summed E-state index contributed by atoms with van der Waals surface area (Å²) < 4.78 is 13.7. The van der Waals surface area contributed by atoms with Crippen molar-refractivity contribution in [2.24, 2.45) is 0 Å². The molecular weight excluding hydrogens is 353 g/mol. The molecule has 4 nitrogen and oxygen atoms in total. The Kier molecular flexibility index (Phi) is 5.06. The van der Waals surface area contributed by atoms with Gasteiger partial charge < -0.3 is 15.6 Å². The van der Waals surface area contributed by atoms with E-state index in [2.05, 4.69) is 27.8 Å². The molecule has 4 rings (SSSR count). The maximum absolute atomic E-state index is 13.7. The van der Waals surface area contributed by atoms with Crippen LogP contribution in [0.3, 0.4) is 0 Å². The van der Waals surface area contributed by atoms with E-state index in [9.17, 15) is 9.18 Å². The van der Waals surface area contributed by atoms with Gasteiger partial charge in [-0.25, -0.2) is 4.39 Å². The molecule has 0 aliphatic heterocycles. The fourth-order valence-corrected chi connectivity index (χ4v) is 3.20. The minimum absolute atomic E-state index is 0.0310. The number of carbonyl (C=O) groups is 1. The molecule has 0 fully saturated rings. The average Bonchev–Trinajstić information content (AvgIpc) is 3.13.